The van der Waals surface area contributed by atoms with Crippen molar-refractivity contribution in [1.29, 1.82) is 0 Å². The first-order chi connectivity index (χ1) is 18.6. The highest BCUT2D eigenvalue weighted by molar-refractivity contribution is 5.73. The molecule has 0 amide bonds. The van der Waals surface area contributed by atoms with Crippen molar-refractivity contribution in [1.82, 2.24) is 15.6 Å². The molecule has 1 aliphatic heterocycles. The number of piperidine rings is 1. The Morgan fingerprint density at radius 3 is 2.47 bits per heavy atom. The van der Waals surface area contributed by atoms with Crippen LogP contribution in [0.1, 0.15) is 55.9 Å². The zero-order chi connectivity index (χ0) is 26.6. The Labute approximate surface area is 226 Å². The van der Waals surface area contributed by atoms with Crippen molar-refractivity contribution in [2.75, 3.05) is 20.2 Å². The van der Waals surface area contributed by atoms with E-state index in [1.807, 2.05) is 60.8 Å². The van der Waals surface area contributed by atoms with Crippen LogP contribution in [0.3, 0.4) is 0 Å². The van der Waals surface area contributed by atoms with E-state index in [1.54, 1.807) is 6.20 Å². The molecule has 202 valence electrons. The number of nitrogens with one attached hydrogen (secondary N) is 2. The lowest BCUT2D eigenvalue weighted by Crippen LogP contribution is -2.43. The van der Waals surface area contributed by atoms with Crippen LogP contribution in [0.2, 0.25) is 0 Å². The van der Waals surface area contributed by atoms with Crippen LogP contribution in [0.4, 0.5) is 0 Å². The van der Waals surface area contributed by atoms with Crippen LogP contribution in [0.5, 0.6) is 0 Å². The molecule has 1 aliphatic rings. The second kappa shape index (κ2) is 14.8. The lowest BCUT2D eigenvalue weighted by atomic mass is 9.86. The minimum atomic E-state index is -0.893. The van der Waals surface area contributed by atoms with Crippen LogP contribution in [-0.4, -0.2) is 42.3 Å². The number of carbonyl (C=O) groups excluding carboxylic acids is 1. The van der Waals surface area contributed by atoms with Crippen LogP contribution in [0.25, 0.3) is 11.1 Å². The van der Waals surface area contributed by atoms with Gasteiger partial charge in [0.15, 0.2) is 0 Å². The van der Waals surface area contributed by atoms with Crippen LogP contribution >= 0.6 is 0 Å². The maximum Gasteiger partial charge on any atom is 0.310 e. The monoisotopic (exact) mass is 515 g/mol. The first kappa shape index (κ1) is 28.0. The van der Waals surface area contributed by atoms with Gasteiger partial charge in [-0.1, -0.05) is 73.5 Å². The Morgan fingerprint density at radius 1 is 1.03 bits per heavy atom. The molecule has 0 spiro atoms. The molecule has 2 heterocycles. The topological polar surface area (TPSA) is 83.5 Å². The van der Waals surface area contributed by atoms with Gasteiger partial charge in [0.05, 0.1) is 13.0 Å². The number of rotatable bonds is 13. The molecule has 3 N–H and O–H groups in total. The van der Waals surface area contributed by atoms with Crippen LogP contribution in [0, 0.1) is 11.8 Å². The Morgan fingerprint density at radius 2 is 1.79 bits per heavy atom. The van der Waals surface area contributed by atoms with Crippen LogP contribution in [-0.2, 0) is 16.0 Å². The average Bonchev–Trinajstić information content (AvgIpc) is 2.99. The molecule has 6 heteroatoms. The minimum Gasteiger partial charge on any atom is -0.469 e. The molecule has 6 nitrogen and oxygen atoms in total. The summed E-state index contributed by atoms with van der Waals surface area (Å²) in [6, 6.07) is 21.8. The fourth-order valence-electron chi connectivity index (χ4n) is 5.49. The summed E-state index contributed by atoms with van der Waals surface area (Å²) >= 11 is 0. The highest BCUT2D eigenvalue weighted by Gasteiger charge is 2.31. The summed E-state index contributed by atoms with van der Waals surface area (Å²) in [7, 11) is 1.46. The van der Waals surface area contributed by atoms with E-state index >= 15 is 0 Å². The summed E-state index contributed by atoms with van der Waals surface area (Å²) in [6.45, 7) is 2.16. The lowest BCUT2D eigenvalue weighted by Gasteiger charge is -2.30. The number of pyridine rings is 1. The van der Waals surface area contributed by atoms with Gasteiger partial charge in [-0.25, -0.2) is 0 Å². The molecular weight excluding hydrogens is 474 g/mol. The van der Waals surface area contributed by atoms with E-state index in [4.69, 9.17) is 4.74 Å². The number of aromatic nitrogens is 1. The zero-order valence-corrected chi connectivity index (χ0v) is 22.4. The van der Waals surface area contributed by atoms with Crippen molar-refractivity contribution in [3.8, 4) is 11.1 Å². The molecule has 1 aromatic heterocycles. The molecule has 4 rings (SSSR count). The van der Waals surface area contributed by atoms with Crippen LogP contribution in [0.15, 0.2) is 79.1 Å². The highest BCUT2D eigenvalue weighted by Crippen LogP contribution is 2.27. The fraction of sp³-hybridized carbons (Fsp3) is 0.438. The number of methoxy groups -OCH3 is 1. The summed E-state index contributed by atoms with van der Waals surface area (Å²) in [6.07, 6.45) is 9.47. The van der Waals surface area contributed by atoms with Gasteiger partial charge in [0.25, 0.3) is 0 Å². The molecule has 0 aliphatic carbocycles. The Bertz CT molecular complexity index is 1090. The second-order valence-corrected chi connectivity index (χ2v) is 10.3. The van der Waals surface area contributed by atoms with Gasteiger partial charge < -0.3 is 15.2 Å². The predicted molar refractivity (Wildman–Crippen MR) is 151 cm³/mol. The second-order valence-electron chi connectivity index (χ2n) is 10.3. The maximum absolute atomic E-state index is 13.0. The smallest absolute Gasteiger partial charge is 0.310 e. The maximum atomic E-state index is 13.0. The minimum absolute atomic E-state index is 0.208. The van der Waals surface area contributed by atoms with Gasteiger partial charge in [0.2, 0.25) is 0 Å². The number of aliphatic hydroxyl groups excluding tert-OH is 1. The number of carbonyl (C=O) groups is 1. The number of nitrogens with zero attached hydrogens (tertiary/aromatic N) is 1. The van der Waals surface area contributed by atoms with Gasteiger partial charge in [0.1, 0.15) is 6.23 Å². The van der Waals surface area contributed by atoms with Crippen molar-refractivity contribution in [3.05, 3.63) is 90.3 Å². The summed E-state index contributed by atoms with van der Waals surface area (Å²) in [4.78, 5) is 17.2. The average molecular weight is 516 g/mol. The number of aryl methyl sites for hydroxylation is 1. The lowest BCUT2D eigenvalue weighted by molar-refractivity contribution is -0.147. The number of benzene rings is 2. The van der Waals surface area contributed by atoms with Gasteiger partial charge in [-0.15, -0.1) is 0 Å². The SMILES string of the molecule is COC(=O)[C@H](CCCC1CCNCC1)[C@@H](CCc1ccccc1)NC(O)c1ccc(-c2cccnc2)cc1. The third-order valence-corrected chi connectivity index (χ3v) is 7.76. The largest absolute Gasteiger partial charge is 0.469 e. The molecule has 1 unspecified atom stereocenters. The summed E-state index contributed by atoms with van der Waals surface area (Å²) < 4.78 is 5.26. The summed E-state index contributed by atoms with van der Waals surface area (Å²) in [5.41, 5.74) is 4.05. The molecule has 3 aromatic rings. The molecule has 0 radical (unpaired) electrons. The normalized spacial score (nSPS) is 16.5. The number of aliphatic hydroxyl groups is 1. The van der Waals surface area contributed by atoms with Gasteiger partial charge in [0, 0.05) is 18.4 Å². The molecule has 3 atom stereocenters. The van der Waals surface area contributed by atoms with Crippen LogP contribution < -0.4 is 10.6 Å². The highest BCUT2D eigenvalue weighted by atomic mass is 16.5. The molecule has 0 saturated carbocycles. The van der Waals surface area contributed by atoms with E-state index in [-0.39, 0.29) is 17.9 Å². The van der Waals surface area contributed by atoms with Gasteiger partial charge in [-0.05, 0) is 79.4 Å². The Kier molecular flexibility index (Phi) is 10.9. The van der Waals surface area contributed by atoms with Crippen molar-refractivity contribution in [2.24, 2.45) is 11.8 Å². The Hall–Kier alpha value is -3.06. The fourth-order valence-corrected chi connectivity index (χ4v) is 5.49. The quantitative estimate of drug-likeness (QED) is 0.212. The molecular formula is C32H41N3O3. The van der Waals surface area contributed by atoms with E-state index in [2.05, 4.69) is 27.8 Å². The predicted octanol–water partition coefficient (Wildman–Crippen LogP) is 5.29. The first-order valence-electron chi connectivity index (χ1n) is 13.9. The van der Waals surface area contributed by atoms with E-state index in [0.29, 0.717) is 5.92 Å². The molecule has 1 saturated heterocycles. The van der Waals surface area contributed by atoms with Crippen molar-refractivity contribution in [3.63, 3.8) is 0 Å². The zero-order valence-electron chi connectivity index (χ0n) is 22.4. The molecule has 0 bridgehead atoms. The van der Waals surface area contributed by atoms with E-state index in [0.717, 1.165) is 61.9 Å². The standard InChI is InChI=1S/C32H41N3O3/c1-38-32(37)29(11-5-9-25-18-21-33-22-19-25)30(17-12-24-7-3-2-4-8-24)35-31(36)27-15-13-26(14-16-27)28-10-6-20-34-23-28/h2-4,6-8,10,13-16,20,23,25,29-31,33,35-36H,5,9,11-12,17-19,21-22H2,1H3/t29-,30-,31?/m1/s1. The molecule has 1 fully saturated rings. The molecule has 2 aromatic carbocycles. The third kappa shape index (κ3) is 8.22. The molecule has 38 heavy (non-hydrogen) atoms. The third-order valence-electron chi connectivity index (χ3n) is 7.76. The van der Waals surface area contributed by atoms with Gasteiger partial charge >= 0.3 is 5.97 Å². The Balaban J connectivity index is 1.46. The summed E-state index contributed by atoms with van der Waals surface area (Å²) in [5.74, 6) is 0.184. The van der Waals surface area contributed by atoms with Gasteiger partial charge in [-0.2, -0.15) is 0 Å². The van der Waals surface area contributed by atoms with Gasteiger partial charge in [-0.3, -0.25) is 15.1 Å². The van der Waals surface area contributed by atoms with Crippen molar-refractivity contribution < 1.29 is 14.6 Å². The van der Waals surface area contributed by atoms with E-state index in [9.17, 15) is 9.90 Å². The summed E-state index contributed by atoms with van der Waals surface area (Å²) in [5, 5.41) is 18.0. The number of hydrogen-bond acceptors (Lipinski definition) is 6. The van der Waals surface area contributed by atoms with Crippen molar-refractivity contribution in [2.45, 2.75) is 57.2 Å². The van der Waals surface area contributed by atoms with E-state index < -0.39 is 6.23 Å². The van der Waals surface area contributed by atoms with Crippen molar-refractivity contribution >= 4 is 5.97 Å². The first-order valence-corrected chi connectivity index (χ1v) is 13.9. The van der Waals surface area contributed by atoms with E-state index in [1.165, 1.54) is 25.5 Å². The number of esters is 1. The number of ether oxygens (including phenoxy) is 1. The number of hydrogen-bond donors (Lipinski definition) is 3.